The molecule has 0 unspecified atom stereocenters. The minimum absolute atomic E-state index is 0.185. The van der Waals surface area contributed by atoms with Gasteiger partial charge in [-0.2, -0.15) is 0 Å². The van der Waals surface area contributed by atoms with Crippen LogP contribution < -0.4 is 5.32 Å². The van der Waals surface area contributed by atoms with Crippen molar-refractivity contribution in [3.05, 3.63) is 63.4 Å². The third kappa shape index (κ3) is 3.96. The zero-order valence-electron chi connectivity index (χ0n) is 12.9. The monoisotopic (exact) mass is 392 g/mol. The number of aliphatic imine (C=N–C) groups is 1. The molecule has 1 N–H and O–H groups in total. The van der Waals surface area contributed by atoms with Gasteiger partial charge in [0.1, 0.15) is 11.7 Å². The molecule has 23 heavy (non-hydrogen) atoms. The normalized spacial score (nSPS) is 14.3. The predicted octanol–water partition coefficient (Wildman–Crippen LogP) is 4.93. The van der Waals surface area contributed by atoms with Crippen molar-refractivity contribution in [3.63, 3.8) is 0 Å². The second kappa shape index (κ2) is 7.49. The number of nitrogens with one attached hydrogen (secondary N) is 1. The number of hydrogen-bond donors (Lipinski definition) is 1. The summed E-state index contributed by atoms with van der Waals surface area (Å²) in [6.07, 6.45) is 1.03. The standard InChI is InChI=1S/C18H18BrFN2S/c1-12-6-7-14(19)10-13(12)11-23-17-15(4-2-5-16(17)20)18-21-8-3-9-22-18/h2,4-7,10H,3,8-9,11H2,1H3,(H,21,22). The number of nitrogens with zero attached hydrogens (tertiary/aromatic N) is 1. The largest absolute Gasteiger partial charge is 0.370 e. The molecular formula is C18H18BrFN2S. The smallest absolute Gasteiger partial charge is 0.137 e. The molecule has 0 radical (unpaired) electrons. The molecule has 3 rings (SSSR count). The first-order valence-electron chi connectivity index (χ1n) is 7.60. The first-order valence-corrected chi connectivity index (χ1v) is 9.38. The van der Waals surface area contributed by atoms with E-state index < -0.39 is 0 Å². The zero-order valence-corrected chi connectivity index (χ0v) is 15.3. The van der Waals surface area contributed by atoms with Crippen LogP contribution >= 0.6 is 27.7 Å². The van der Waals surface area contributed by atoms with Crippen molar-refractivity contribution in [2.75, 3.05) is 13.1 Å². The second-order valence-electron chi connectivity index (χ2n) is 5.49. The van der Waals surface area contributed by atoms with Crippen molar-refractivity contribution in [1.82, 2.24) is 5.32 Å². The molecule has 5 heteroatoms. The molecule has 0 atom stereocenters. The summed E-state index contributed by atoms with van der Waals surface area (Å²) >= 11 is 5.03. The molecule has 2 aromatic carbocycles. The highest BCUT2D eigenvalue weighted by atomic mass is 79.9. The number of halogens is 2. The lowest BCUT2D eigenvalue weighted by molar-refractivity contribution is 0.600. The van der Waals surface area contributed by atoms with Crippen LogP contribution in [-0.4, -0.2) is 18.9 Å². The topological polar surface area (TPSA) is 24.4 Å². The molecule has 0 amide bonds. The Morgan fingerprint density at radius 2 is 2.17 bits per heavy atom. The summed E-state index contributed by atoms with van der Waals surface area (Å²) in [6.45, 7) is 3.77. The molecule has 1 aliphatic heterocycles. The Bertz CT molecular complexity index is 746. The lowest BCUT2D eigenvalue weighted by Crippen LogP contribution is -2.30. The number of aryl methyl sites for hydroxylation is 1. The van der Waals surface area contributed by atoms with Crippen LogP contribution in [0, 0.1) is 12.7 Å². The Kier molecular flexibility index (Phi) is 5.38. The molecule has 2 aromatic rings. The van der Waals surface area contributed by atoms with E-state index in [2.05, 4.69) is 45.3 Å². The summed E-state index contributed by atoms with van der Waals surface area (Å²) in [5.74, 6) is 1.35. The molecule has 0 saturated heterocycles. The van der Waals surface area contributed by atoms with Crippen LogP contribution in [0.25, 0.3) is 0 Å². The fourth-order valence-electron chi connectivity index (χ4n) is 2.50. The molecule has 0 fully saturated rings. The highest BCUT2D eigenvalue weighted by molar-refractivity contribution is 9.10. The maximum atomic E-state index is 14.4. The highest BCUT2D eigenvalue weighted by Gasteiger charge is 2.16. The molecule has 0 aromatic heterocycles. The molecule has 120 valence electrons. The number of amidine groups is 1. The zero-order chi connectivity index (χ0) is 16.2. The van der Waals surface area contributed by atoms with Crippen LogP contribution in [0.2, 0.25) is 0 Å². The Morgan fingerprint density at radius 1 is 1.30 bits per heavy atom. The van der Waals surface area contributed by atoms with Crippen LogP contribution in [0.4, 0.5) is 4.39 Å². The molecule has 0 aliphatic carbocycles. The summed E-state index contributed by atoms with van der Waals surface area (Å²) in [7, 11) is 0. The lowest BCUT2D eigenvalue weighted by Gasteiger charge is -2.18. The highest BCUT2D eigenvalue weighted by Crippen LogP contribution is 2.31. The van der Waals surface area contributed by atoms with Gasteiger partial charge in [-0.25, -0.2) is 4.39 Å². The minimum Gasteiger partial charge on any atom is -0.370 e. The molecule has 1 aliphatic rings. The Balaban J connectivity index is 1.87. The predicted molar refractivity (Wildman–Crippen MR) is 98.9 cm³/mol. The molecule has 1 heterocycles. The summed E-state index contributed by atoms with van der Waals surface area (Å²) in [5, 5.41) is 3.28. The molecule has 2 nitrogen and oxygen atoms in total. The molecule has 0 bridgehead atoms. The molecular weight excluding hydrogens is 375 g/mol. The van der Waals surface area contributed by atoms with E-state index in [4.69, 9.17) is 0 Å². The first-order chi connectivity index (χ1) is 11.1. The van der Waals surface area contributed by atoms with Crippen LogP contribution in [0.3, 0.4) is 0 Å². The Labute approximate surface area is 148 Å². The van der Waals surface area contributed by atoms with Gasteiger partial charge in [0.2, 0.25) is 0 Å². The Hall–Kier alpha value is -1.33. The van der Waals surface area contributed by atoms with E-state index in [1.807, 2.05) is 12.1 Å². The first kappa shape index (κ1) is 16.5. The number of thioether (sulfide) groups is 1. The molecule has 0 spiro atoms. The van der Waals surface area contributed by atoms with Gasteiger partial charge in [0, 0.05) is 28.9 Å². The van der Waals surface area contributed by atoms with E-state index in [0.29, 0.717) is 4.90 Å². The van der Waals surface area contributed by atoms with Crippen molar-refractivity contribution in [1.29, 1.82) is 0 Å². The van der Waals surface area contributed by atoms with Gasteiger partial charge in [-0.05, 0) is 48.7 Å². The second-order valence-corrected chi connectivity index (χ2v) is 7.39. The summed E-state index contributed by atoms with van der Waals surface area (Å²) < 4.78 is 15.4. The van der Waals surface area contributed by atoms with Crippen molar-refractivity contribution in [3.8, 4) is 0 Å². The van der Waals surface area contributed by atoms with E-state index in [1.165, 1.54) is 29.0 Å². The maximum Gasteiger partial charge on any atom is 0.137 e. The van der Waals surface area contributed by atoms with E-state index >= 15 is 0 Å². The summed E-state index contributed by atoms with van der Waals surface area (Å²) in [6, 6.07) is 11.4. The quantitative estimate of drug-likeness (QED) is 0.745. The van der Waals surface area contributed by atoms with Crippen molar-refractivity contribution in [2.45, 2.75) is 24.0 Å². The van der Waals surface area contributed by atoms with Gasteiger partial charge in [0.05, 0.1) is 4.90 Å². The van der Waals surface area contributed by atoms with Gasteiger partial charge in [0.25, 0.3) is 0 Å². The average Bonchev–Trinajstić information content (AvgIpc) is 2.57. The van der Waals surface area contributed by atoms with Crippen LogP contribution in [-0.2, 0) is 5.75 Å². The minimum atomic E-state index is -0.185. The van der Waals surface area contributed by atoms with Crippen molar-refractivity contribution in [2.24, 2.45) is 4.99 Å². The van der Waals surface area contributed by atoms with Crippen LogP contribution in [0.1, 0.15) is 23.1 Å². The van der Waals surface area contributed by atoms with Crippen molar-refractivity contribution < 1.29 is 4.39 Å². The average molecular weight is 393 g/mol. The third-order valence-electron chi connectivity index (χ3n) is 3.80. The molecule has 0 saturated carbocycles. The number of rotatable bonds is 4. The van der Waals surface area contributed by atoms with E-state index in [0.717, 1.165) is 41.1 Å². The summed E-state index contributed by atoms with van der Waals surface area (Å²) in [4.78, 5) is 5.17. The third-order valence-corrected chi connectivity index (χ3v) is 5.45. The van der Waals surface area contributed by atoms with Crippen LogP contribution in [0.15, 0.2) is 50.8 Å². The van der Waals surface area contributed by atoms with Gasteiger partial charge in [-0.1, -0.05) is 28.1 Å². The lowest BCUT2D eigenvalue weighted by atomic mass is 10.1. The fourth-order valence-corrected chi connectivity index (χ4v) is 4.05. The summed E-state index contributed by atoms with van der Waals surface area (Å²) in [5.41, 5.74) is 3.28. The van der Waals surface area contributed by atoms with Gasteiger partial charge in [0.15, 0.2) is 0 Å². The Morgan fingerprint density at radius 3 is 2.96 bits per heavy atom. The van der Waals surface area contributed by atoms with Gasteiger partial charge < -0.3 is 5.32 Å². The fraction of sp³-hybridized carbons (Fsp3) is 0.278. The SMILES string of the molecule is Cc1ccc(Br)cc1CSc1c(F)cccc1C1=NCCCN1. The van der Waals surface area contributed by atoms with Gasteiger partial charge in [-0.15, -0.1) is 11.8 Å². The van der Waals surface area contributed by atoms with Gasteiger partial charge >= 0.3 is 0 Å². The van der Waals surface area contributed by atoms with E-state index in [1.54, 1.807) is 6.07 Å². The maximum absolute atomic E-state index is 14.4. The number of hydrogen-bond acceptors (Lipinski definition) is 3. The number of benzene rings is 2. The van der Waals surface area contributed by atoms with E-state index in [9.17, 15) is 4.39 Å². The van der Waals surface area contributed by atoms with E-state index in [-0.39, 0.29) is 5.82 Å². The van der Waals surface area contributed by atoms with Crippen LogP contribution in [0.5, 0.6) is 0 Å². The van der Waals surface area contributed by atoms with Gasteiger partial charge in [-0.3, -0.25) is 4.99 Å². The van der Waals surface area contributed by atoms with Crippen molar-refractivity contribution >= 4 is 33.5 Å².